The number of nitrogens with zero attached hydrogens (tertiary/aromatic N) is 3. The number of rotatable bonds is 8. The summed E-state index contributed by atoms with van der Waals surface area (Å²) in [5, 5.41) is 6.86. The maximum absolute atomic E-state index is 12.4. The molecule has 0 radical (unpaired) electrons. The number of hydrogen-bond donors (Lipinski definition) is 4. The van der Waals surface area contributed by atoms with Gasteiger partial charge in [0.05, 0.1) is 0 Å². The lowest BCUT2D eigenvalue weighted by molar-refractivity contribution is 0.100. The lowest BCUT2D eigenvalue weighted by Crippen LogP contribution is -2.31. The first-order valence-electron chi connectivity index (χ1n) is 8.60. The Bertz CT molecular complexity index is 989. The minimum absolute atomic E-state index is 0.0635. The van der Waals surface area contributed by atoms with Crippen LogP contribution >= 0.6 is 0 Å². The van der Waals surface area contributed by atoms with Crippen molar-refractivity contribution in [3.63, 3.8) is 0 Å². The molecule has 3 rings (SSSR count). The Kier molecular flexibility index (Phi) is 5.69. The van der Waals surface area contributed by atoms with Crippen LogP contribution in [0.5, 0.6) is 0 Å². The second kappa shape index (κ2) is 8.17. The molecule has 2 heterocycles. The van der Waals surface area contributed by atoms with E-state index in [9.17, 15) is 13.6 Å². The second-order valence-electron chi connectivity index (χ2n) is 6.38. The van der Waals surface area contributed by atoms with Gasteiger partial charge in [-0.3, -0.25) is 4.79 Å². The number of primary amides is 1. The van der Waals surface area contributed by atoms with Crippen LogP contribution in [0.4, 0.5) is 26.2 Å². The zero-order chi connectivity index (χ0) is 20.3. The summed E-state index contributed by atoms with van der Waals surface area (Å²) in [5.41, 5.74) is 12.9. The molecule has 1 amide bonds. The quantitative estimate of drug-likeness (QED) is 0.468. The van der Waals surface area contributed by atoms with Crippen LogP contribution in [0.3, 0.4) is 0 Å². The van der Waals surface area contributed by atoms with E-state index in [1.165, 1.54) is 6.20 Å². The van der Waals surface area contributed by atoms with Gasteiger partial charge in [-0.05, 0) is 18.2 Å². The monoisotopic (exact) mass is 389 g/mol. The van der Waals surface area contributed by atoms with Crippen molar-refractivity contribution in [2.24, 2.45) is 18.5 Å². The van der Waals surface area contributed by atoms with Gasteiger partial charge in [-0.2, -0.15) is 4.98 Å². The third kappa shape index (κ3) is 4.34. The van der Waals surface area contributed by atoms with Crippen molar-refractivity contribution in [1.82, 2.24) is 14.5 Å². The molecule has 0 spiro atoms. The van der Waals surface area contributed by atoms with Crippen LogP contribution in [0.25, 0.3) is 10.9 Å². The van der Waals surface area contributed by atoms with Crippen LogP contribution in [0.1, 0.15) is 16.8 Å². The molecule has 0 aliphatic heterocycles. The molecule has 0 fully saturated rings. The summed E-state index contributed by atoms with van der Waals surface area (Å²) in [6.45, 7) is 0.0635. The van der Waals surface area contributed by atoms with Crippen molar-refractivity contribution >= 4 is 34.3 Å². The molecule has 0 bridgehead atoms. The second-order valence-corrected chi connectivity index (χ2v) is 6.38. The molecule has 1 aromatic carbocycles. The predicted octanol–water partition coefficient (Wildman–Crippen LogP) is 2.21. The number of aromatic nitrogens is 3. The maximum atomic E-state index is 12.4. The molecule has 0 aliphatic carbocycles. The van der Waals surface area contributed by atoms with Crippen molar-refractivity contribution in [2.75, 3.05) is 17.2 Å². The van der Waals surface area contributed by atoms with Crippen LogP contribution in [0, 0.1) is 0 Å². The summed E-state index contributed by atoms with van der Waals surface area (Å²) in [5.74, 6) is -0.329. The fourth-order valence-electron chi connectivity index (χ4n) is 2.82. The number of alkyl halides is 2. The van der Waals surface area contributed by atoms with Gasteiger partial charge in [0.15, 0.2) is 0 Å². The lowest BCUT2D eigenvalue weighted by atomic mass is 10.2. The third-order valence-electron chi connectivity index (χ3n) is 4.24. The van der Waals surface area contributed by atoms with Gasteiger partial charge in [0.25, 0.3) is 5.91 Å². The fraction of sp³-hybridized carbons (Fsp3) is 0.278. The van der Waals surface area contributed by atoms with Gasteiger partial charge < -0.3 is 26.7 Å². The van der Waals surface area contributed by atoms with E-state index >= 15 is 0 Å². The Balaban J connectivity index is 1.86. The van der Waals surface area contributed by atoms with Gasteiger partial charge in [-0.1, -0.05) is 6.07 Å². The maximum Gasteiger partial charge on any atom is 0.254 e. The highest BCUT2D eigenvalue weighted by Crippen LogP contribution is 2.27. The number of aryl methyl sites for hydroxylation is 1. The summed E-state index contributed by atoms with van der Waals surface area (Å²) in [6.07, 6.45) is 0.276. The molecule has 28 heavy (non-hydrogen) atoms. The summed E-state index contributed by atoms with van der Waals surface area (Å²) < 4.78 is 26.7. The van der Waals surface area contributed by atoms with E-state index in [2.05, 4.69) is 20.6 Å². The summed E-state index contributed by atoms with van der Waals surface area (Å²) in [7, 11) is 1.93. The van der Waals surface area contributed by atoms with Gasteiger partial charge in [-0.25, -0.2) is 13.8 Å². The summed E-state index contributed by atoms with van der Waals surface area (Å²) in [6, 6.07) is 6.87. The van der Waals surface area contributed by atoms with E-state index < -0.39 is 24.8 Å². The van der Waals surface area contributed by atoms with E-state index in [4.69, 9.17) is 11.5 Å². The molecule has 6 N–H and O–H groups in total. The summed E-state index contributed by atoms with van der Waals surface area (Å²) >= 11 is 0. The van der Waals surface area contributed by atoms with Crippen molar-refractivity contribution in [3.05, 3.63) is 42.2 Å². The van der Waals surface area contributed by atoms with Crippen molar-refractivity contribution in [1.29, 1.82) is 0 Å². The molecule has 3 aromatic rings. The molecule has 0 saturated heterocycles. The molecule has 1 atom stereocenters. The normalized spacial score (nSPS) is 12.3. The van der Waals surface area contributed by atoms with Gasteiger partial charge in [0, 0.05) is 55.0 Å². The molecular formula is C18H21F2N7O. The van der Waals surface area contributed by atoms with Crippen molar-refractivity contribution in [2.45, 2.75) is 18.9 Å². The lowest BCUT2D eigenvalue weighted by Gasteiger charge is -2.14. The van der Waals surface area contributed by atoms with E-state index in [1.807, 2.05) is 42.1 Å². The highest BCUT2D eigenvalue weighted by atomic mass is 19.3. The molecule has 1 unspecified atom stereocenters. The number of nitrogens with two attached hydrogens (primary N) is 2. The SMILES string of the molecule is Cn1ccc2c(Nc3nc(NCC(N)CC(F)F)ncc3C(N)=O)cccc21. The summed E-state index contributed by atoms with van der Waals surface area (Å²) in [4.78, 5) is 20.0. The van der Waals surface area contributed by atoms with Crippen LogP contribution in [-0.2, 0) is 7.05 Å². The zero-order valence-corrected chi connectivity index (χ0v) is 15.2. The first kappa shape index (κ1) is 19.5. The Hall–Kier alpha value is -3.27. The number of fused-ring (bicyclic) bond motifs is 1. The Morgan fingerprint density at radius 2 is 2.11 bits per heavy atom. The minimum Gasteiger partial charge on any atom is -0.365 e. The average molecular weight is 389 g/mol. The van der Waals surface area contributed by atoms with Crippen LogP contribution in [0.15, 0.2) is 36.7 Å². The average Bonchev–Trinajstić information content (AvgIpc) is 3.02. The standard InChI is InChI=1S/C18H21F2N7O/c1-27-6-5-11-13(3-2-4-14(11)27)25-17-12(16(22)28)9-24-18(26-17)23-8-10(21)7-15(19)20/h2-6,9-10,15H,7-8,21H2,1H3,(H2,22,28)(H2,23,24,25,26). The first-order chi connectivity index (χ1) is 13.3. The van der Waals surface area contributed by atoms with Crippen LogP contribution < -0.4 is 22.1 Å². The molecule has 10 heteroatoms. The largest absolute Gasteiger partial charge is 0.365 e. The molecule has 148 valence electrons. The van der Waals surface area contributed by atoms with Gasteiger partial charge in [0.2, 0.25) is 12.4 Å². The predicted molar refractivity (Wildman–Crippen MR) is 104 cm³/mol. The zero-order valence-electron chi connectivity index (χ0n) is 15.2. The number of benzene rings is 1. The third-order valence-corrected chi connectivity index (χ3v) is 4.24. The van der Waals surface area contributed by atoms with E-state index in [0.717, 1.165) is 16.6 Å². The van der Waals surface area contributed by atoms with E-state index in [1.54, 1.807) is 0 Å². The number of hydrogen-bond acceptors (Lipinski definition) is 6. The topological polar surface area (TPSA) is 124 Å². The molecule has 0 saturated carbocycles. The molecular weight excluding hydrogens is 368 g/mol. The van der Waals surface area contributed by atoms with Gasteiger partial charge in [-0.15, -0.1) is 0 Å². The van der Waals surface area contributed by atoms with Crippen molar-refractivity contribution < 1.29 is 13.6 Å². The number of carbonyl (C=O) groups is 1. The fourth-order valence-corrected chi connectivity index (χ4v) is 2.82. The number of amides is 1. The highest BCUT2D eigenvalue weighted by molar-refractivity contribution is 6.00. The molecule has 2 aromatic heterocycles. The Labute approximate surface area is 159 Å². The van der Waals surface area contributed by atoms with E-state index in [0.29, 0.717) is 0 Å². The minimum atomic E-state index is -2.49. The Morgan fingerprint density at radius 1 is 1.32 bits per heavy atom. The van der Waals surface area contributed by atoms with Gasteiger partial charge in [0.1, 0.15) is 11.4 Å². The van der Waals surface area contributed by atoms with Gasteiger partial charge >= 0.3 is 0 Å². The van der Waals surface area contributed by atoms with E-state index in [-0.39, 0.29) is 23.9 Å². The highest BCUT2D eigenvalue weighted by Gasteiger charge is 2.15. The molecule has 8 nitrogen and oxygen atoms in total. The number of carbonyl (C=O) groups excluding carboxylic acids is 1. The first-order valence-corrected chi connectivity index (χ1v) is 8.60. The number of anilines is 3. The van der Waals surface area contributed by atoms with Crippen molar-refractivity contribution in [3.8, 4) is 0 Å². The molecule has 0 aliphatic rings. The smallest absolute Gasteiger partial charge is 0.254 e. The number of nitrogens with one attached hydrogen (secondary N) is 2. The Morgan fingerprint density at radius 3 is 2.82 bits per heavy atom. The van der Waals surface area contributed by atoms with Crippen LogP contribution in [0.2, 0.25) is 0 Å². The van der Waals surface area contributed by atoms with Crippen LogP contribution in [-0.4, -0.2) is 39.5 Å². The number of halogens is 2.